The van der Waals surface area contributed by atoms with Gasteiger partial charge in [0.2, 0.25) is 0 Å². The topological polar surface area (TPSA) is 118 Å². The van der Waals surface area contributed by atoms with Gasteiger partial charge in [-0.2, -0.15) is 0 Å². The van der Waals surface area contributed by atoms with Crippen molar-refractivity contribution in [2.45, 2.75) is 44.3 Å². The third kappa shape index (κ3) is 4.70. The van der Waals surface area contributed by atoms with Gasteiger partial charge < -0.3 is 25.5 Å². The lowest BCUT2D eigenvalue weighted by Gasteiger charge is -2.27. The Balaban J connectivity index is 2.81. The van der Waals surface area contributed by atoms with Crippen LogP contribution in [0.2, 0.25) is 0 Å². The number of aromatic hydroxyl groups is 1. The standard InChI is InChI=1S/C15H22O6/c1-14(20,9-16)6-3-7-15(2,21)11-5-4-10(13(18)19)8-12(11)17/h4-5,8,16-17,20-21H,3,6-7,9H2,1-2H3,(H,18,19)/t14-,15-/m0/s1. The lowest BCUT2D eigenvalue weighted by atomic mass is 9.87. The number of carboxylic acids is 1. The number of phenolic OH excluding ortho intramolecular Hbond substituents is 1. The molecule has 0 saturated carbocycles. The number of hydrogen-bond donors (Lipinski definition) is 5. The first-order chi connectivity index (χ1) is 9.59. The summed E-state index contributed by atoms with van der Waals surface area (Å²) in [5.74, 6) is -1.44. The van der Waals surface area contributed by atoms with Crippen LogP contribution in [-0.2, 0) is 5.60 Å². The Morgan fingerprint density at radius 2 is 1.81 bits per heavy atom. The minimum Gasteiger partial charge on any atom is -0.508 e. The predicted octanol–water partition coefficient (Wildman–Crippen LogP) is 1.21. The third-order valence-corrected chi connectivity index (χ3v) is 3.54. The Bertz CT molecular complexity index is 507. The molecule has 0 spiro atoms. The van der Waals surface area contributed by atoms with E-state index in [1.54, 1.807) is 0 Å². The summed E-state index contributed by atoms with van der Waals surface area (Å²) in [7, 11) is 0. The molecule has 6 nitrogen and oxygen atoms in total. The Kier molecular flexibility index (Phi) is 5.33. The van der Waals surface area contributed by atoms with E-state index in [4.69, 9.17) is 10.2 Å². The Morgan fingerprint density at radius 1 is 1.19 bits per heavy atom. The Labute approximate surface area is 123 Å². The zero-order valence-electron chi connectivity index (χ0n) is 12.2. The highest BCUT2D eigenvalue weighted by Gasteiger charge is 2.28. The van der Waals surface area contributed by atoms with Crippen molar-refractivity contribution in [1.82, 2.24) is 0 Å². The number of aliphatic hydroxyl groups is 3. The summed E-state index contributed by atoms with van der Waals surface area (Å²) in [4.78, 5) is 10.8. The fraction of sp³-hybridized carbons (Fsp3) is 0.533. The molecule has 0 aliphatic heterocycles. The highest BCUT2D eigenvalue weighted by Crippen LogP contribution is 2.34. The van der Waals surface area contributed by atoms with E-state index >= 15 is 0 Å². The second-order valence-electron chi connectivity index (χ2n) is 5.82. The van der Waals surface area contributed by atoms with Crippen LogP contribution in [0, 0.1) is 0 Å². The molecule has 0 aromatic heterocycles. The van der Waals surface area contributed by atoms with Crippen molar-refractivity contribution in [2.75, 3.05) is 6.61 Å². The Morgan fingerprint density at radius 3 is 2.29 bits per heavy atom. The highest BCUT2D eigenvalue weighted by molar-refractivity contribution is 5.88. The van der Waals surface area contributed by atoms with Crippen molar-refractivity contribution < 1.29 is 30.3 Å². The zero-order chi connectivity index (χ0) is 16.3. The molecule has 0 bridgehead atoms. The molecule has 1 rings (SSSR count). The van der Waals surface area contributed by atoms with Crippen LogP contribution in [-0.4, -0.2) is 43.7 Å². The van der Waals surface area contributed by atoms with Gasteiger partial charge in [-0.25, -0.2) is 4.79 Å². The molecule has 118 valence electrons. The quantitative estimate of drug-likeness (QED) is 0.516. The molecule has 0 radical (unpaired) electrons. The van der Waals surface area contributed by atoms with Crippen molar-refractivity contribution in [3.05, 3.63) is 29.3 Å². The summed E-state index contributed by atoms with van der Waals surface area (Å²) in [6.45, 7) is 2.64. The zero-order valence-corrected chi connectivity index (χ0v) is 12.2. The van der Waals surface area contributed by atoms with Crippen LogP contribution in [0.4, 0.5) is 0 Å². The van der Waals surface area contributed by atoms with Crippen molar-refractivity contribution in [1.29, 1.82) is 0 Å². The van der Waals surface area contributed by atoms with Gasteiger partial charge in [0.15, 0.2) is 0 Å². The monoisotopic (exact) mass is 298 g/mol. The molecule has 6 heteroatoms. The maximum Gasteiger partial charge on any atom is 0.335 e. The van der Waals surface area contributed by atoms with Crippen LogP contribution >= 0.6 is 0 Å². The fourth-order valence-corrected chi connectivity index (χ4v) is 2.15. The molecule has 5 N–H and O–H groups in total. The first-order valence-corrected chi connectivity index (χ1v) is 6.71. The summed E-state index contributed by atoms with van der Waals surface area (Å²) in [5.41, 5.74) is -2.38. The molecule has 21 heavy (non-hydrogen) atoms. The number of carbonyl (C=O) groups is 1. The van der Waals surface area contributed by atoms with Crippen LogP contribution < -0.4 is 0 Å². The van der Waals surface area contributed by atoms with Gasteiger partial charge in [-0.3, -0.25) is 0 Å². The van der Waals surface area contributed by atoms with Crippen LogP contribution in [0.3, 0.4) is 0 Å². The molecule has 1 aromatic carbocycles. The average molecular weight is 298 g/mol. The van der Waals surface area contributed by atoms with E-state index in [0.29, 0.717) is 12.8 Å². The summed E-state index contributed by atoms with van der Waals surface area (Å²) in [5, 5.41) is 47.8. The molecule has 0 heterocycles. The van der Waals surface area contributed by atoms with Gasteiger partial charge in [-0.1, -0.05) is 6.07 Å². The van der Waals surface area contributed by atoms with Crippen molar-refractivity contribution in [3.8, 4) is 5.75 Å². The van der Waals surface area contributed by atoms with Crippen LogP contribution in [0.15, 0.2) is 18.2 Å². The van der Waals surface area contributed by atoms with Gasteiger partial charge in [0.25, 0.3) is 0 Å². The first-order valence-electron chi connectivity index (χ1n) is 6.71. The molecule has 2 atom stereocenters. The molecular formula is C15H22O6. The van der Waals surface area contributed by atoms with Gasteiger partial charge in [0.1, 0.15) is 5.75 Å². The van der Waals surface area contributed by atoms with E-state index in [0.717, 1.165) is 6.07 Å². The van der Waals surface area contributed by atoms with Gasteiger partial charge in [-0.05, 0) is 45.2 Å². The molecule has 0 fully saturated rings. The summed E-state index contributed by atoms with van der Waals surface area (Å²) >= 11 is 0. The van der Waals surface area contributed by atoms with Crippen LogP contribution in [0.5, 0.6) is 5.75 Å². The number of aliphatic hydroxyl groups excluding tert-OH is 1. The number of hydrogen-bond acceptors (Lipinski definition) is 5. The van der Waals surface area contributed by atoms with Crippen LogP contribution in [0.1, 0.15) is 49.0 Å². The second kappa shape index (κ2) is 6.43. The van der Waals surface area contributed by atoms with E-state index in [-0.39, 0.29) is 29.9 Å². The largest absolute Gasteiger partial charge is 0.508 e. The van der Waals surface area contributed by atoms with E-state index in [2.05, 4.69) is 0 Å². The van der Waals surface area contributed by atoms with Crippen molar-refractivity contribution in [2.24, 2.45) is 0 Å². The van der Waals surface area contributed by atoms with Crippen molar-refractivity contribution >= 4 is 5.97 Å². The summed E-state index contributed by atoms with van der Waals surface area (Å²) in [6, 6.07) is 3.79. The third-order valence-electron chi connectivity index (χ3n) is 3.54. The normalized spacial score (nSPS) is 17.0. The smallest absolute Gasteiger partial charge is 0.335 e. The average Bonchev–Trinajstić information content (AvgIpc) is 2.37. The molecule has 0 amide bonds. The summed E-state index contributed by atoms with van der Waals surface area (Å²) < 4.78 is 0. The maximum absolute atomic E-state index is 10.8. The molecule has 0 aliphatic carbocycles. The number of benzene rings is 1. The molecule has 0 unspecified atom stereocenters. The number of rotatable bonds is 7. The second-order valence-corrected chi connectivity index (χ2v) is 5.82. The van der Waals surface area contributed by atoms with E-state index in [9.17, 15) is 20.1 Å². The van der Waals surface area contributed by atoms with E-state index < -0.39 is 17.2 Å². The lowest BCUT2D eigenvalue weighted by molar-refractivity contribution is -0.0164. The van der Waals surface area contributed by atoms with Gasteiger partial charge in [-0.15, -0.1) is 0 Å². The van der Waals surface area contributed by atoms with E-state index in [1.165, 1.54) is 26.0 Å². The number of aromatic carboxylic acids is 1. The molecule has 1 aromatic rings. The predicted molar refractivity (Wildman–Crippen MR) is 76.2 cm³/mol. The molecule has 0 saturated heterocycles. The first kappa shape index (κ1) is 17.4. The highest BCUT2D eigenvalue weighted by atomic mass is 16.4. The van der Waals surface area contributed by atoms with Crippen LogP contribution in [0.25, 0.3) is 0 Å². The lowest BCUT2D eigenvalue weighted by Crippen LogP contribution is -2.30. The maximum atomic E-state index is 10.8. The number of phenols is 1. The Hall–Kier alpha value is -1.63. The van der Waals surface area contributed by atoms with E-state index in [1.807, 2.05) is 0 Å². The fourth-order valence-electron chi connectivity index (χ4n) is 2.15. The molecule has 0 aliphatic rings. The van der Waals surface area contributed by atoms with Crippen molar-refractivity contribution in [3.63, 3.8) is 0 Å². The van der Waals surface area contributed by atoms with Gasteiger partial charge in [0, 0.05) is 5.56 Å². The summed E-state index contributed by atoms with van der Waals surface area (Å²) in [6.07, 6.45) is 0.984. The van der Waals surface area contributed by atoms with Gasteiger partial charge in [0.05, 0.1) is 23.4 Å². The number of carboxylic acid groups (broad SMARTS) is 1. The minimum absolute atomic E-state index is 0.0599. The van der Waals surface area contributed by atoms with Gasteiger partial charge >= 0.3 is 5.97 Å². The SMILES string of the molecule is C[C@@](O)(CO)CCC[C@](C)(O)c1ccc(C(=O)O)cc1O. The molecular weight excluding hydrogens is 276 g/mol. The minimum atomic E-state index is -1.35.